The summed E-state index contributed by atoms with van der Waals surface area (Å²) < 4.78 is 6.77. The van der Waals surface area contributed by atoms with Crippen molar-refractivity contribution in [1.82, 2.24) is 14.8 Å². The molecule has 1 amide bonds. The molecule has 0 aliphatic heterocycles. The first-order valence-corrected chi connectivity index (χ1v) is 10.9. The number of halogens is 2. The molecule has 0 bridgehead atoms. The van der Waals surface area contributed by atoms with Gasteiger partial charge in [-0.3, -0.25) is 9.78 Å². The van der Waals surface area contributed by atoms with Gasteiger partial charge in [0.05, 0.1) is 16.4 Å². The Morgan fingerprint density at radius 1 is 1.06 bits per heavy atom. The Labute approximate surface area is 205 Å². The van der Waals surface area contributed by atoms with Crippen LogP contribution in [0.1, 0.15) is 5.56 Å². The number of rotatable bonds is 7. The lowest BCUT2D eigenvalue weighted by Gasteiger charge is -2.07. The van der Waals surface area contributed by atoms with Gasteiger partial charge < -0.3 is 10.1 Å². The van der Waals surface area contributed by atoms with Gasteiger partial charge in [-0.15, -0.1) is 0 Å². The summed E-state index contributed by atoms with van der Waals surface area (Å²) in [6.07, 6.45) is 8.00. The number of pyridine rings is 1. The van der Waals surface area contributed by atoms with Gasteiger partial charge >= 0.3 is 5.97 Å². The molecule has 4 aromatic rings. The first-order chi connectivity index (χ1) is 16.5. The molecular weight excluding hydrogens is 475 g/mol. The topological polar surface area (TPSA) is 86.1 Å². The van der Waals surface area contributed by atoms with E-state index in [0.717, 1.165) is 11.3 Å². The number of hydrogen-bond acceptors (Lipinski definition) is 5. The summed E-state index contributed by atoms with van der Waals surface area (Å²) in [5, 5.41) is 7.95. The molecule has 0 saturated carbocycles. The van der Waals surface area contributed by atoms with Gasteiger partial charge in [0.1, 0.15) is 5.69 Å². The van der Waals surface area contributed by atoms with Crippen LogP contribution in [-0.2, 0) is 14.3 Å². The summed E-state index contributed by atoms with van der Waals surface area (Å²) in [6, 6.07) is 17.9. The van der Waals surface area contributed by atoms with Gasteiger partial charge in [-0.05, 0) is 48.5 Å². The molecule has 2 heterocycles. The third-order valence-electron chi connectivity index (χ3n) is 4.65. The Bertz CT molecular complexity index is 1340. The van der Waals surface area contributed by atoms with Crippen LogP contribution in [0.5, 0.6) is 0 Å². The molecule has 7 nitrogen and oxygen atoms in total. The quantitative estimate of drug-likeness (QED) is 0.274. The number of carbonyl (C=O) groups excluding carboxylic acids is 2. The molecule has 0 atom stereocenters. The Kier molecular flexibility index (Phi) is 7.37. The fourth-order valence-corrected chi connectivity index (χ4v) is 3.52. The first-order valence-electron chi connectivity index (χ1n) is 10.1. The molecule has 2 aromatic heterocycles. The number of nitrogens with zero attached hydrogens (tertiary/aromatic N) is 3. The zero-order valence-electron chi connectivity index (χ0n) is 17.7. The minimum atomic E-state index is -0.679. The standard InChI is InChI=1S/C25H18Cl2N4O3/c26-19-9-10-22(21(27)13-19)29-23(32)16-34-24(33)11-8-18-15-31(20-6-2-1-3-7-20)30-25(18)17-5-4-12-28-14-17/h1-15H,16H2,(H,29,32). The van der Waals surface area contributed by atoms with Crippen LogP contribution in [0.15, 0.2) is 85.3 Å². The van der Waals surface area contributed by atoms with E-state index in [-0.39, 0.29) is 5.02 Å². The predicted octanol–water partition coefficient (Wildman–Crippen LogP) is 5.44. The fourth-order valence-electron chi connectivity index (χ4n) is 3.07. The van der Waals surface area contributed by atoms with Gasteiger partial charge in [0.25, 0.3) is 5.91 Å². The molecule has 1 N–H and O–H groups in total. The van der Waals surface area contributed by atoms with Crippen molar-refractivity contribution in [3.8, 4) is 16.9 Å². The zero-order valence-corrected chi connectivity index (χ0v) is 19.2. The van der Waals surface area contributed by atoms with Gasteiger partial charge in [0.2, 0.25) is 0 Å². The Hall–Kier alpha value is -3.94. The van der Waals surface area contributed by atoms with Gasteiger partial charge in [-0.2, -0.15) is 5.10 Å². The lowest BCUT2D eigenvalue weighted by molar-refractivity contribution is -0.142. The van der Waals surface area contributed by atoms with Crippen molar-refractivity contribution in [1.29, 1.82) is 0 Å². The molecule has 0 aliphatic carbocycles. The zero-order chi connectivity index (χ0) is 23.9. The summed E-state index contributed by atoms with van der Waals surface area (Å²) in [4.78, 5) is 28.5. The van der Waals surface area contributed by atoms with Crippen LogP contribution in [0.25, 0.3) is 23.0 Å². The van der Waals surface area contributed by atoms with Crippen molar-refractivity contribution in [3.05, 3.63) is 101 Å². The van der Waals surface area contributed by atoms with Gasteiger partial charge in [-0.1, -0.05) is 41.4 Å². The summed E-state index contributed by atoms with van der Waals surface area (Å²) >= 11 is 11.9. The van der Waals surface area contributed by atoms with Crippen LogP contribution in [-0.4, -0.2) is 33.2 Å². The van der Waals surface area contributed by atoms with Gasteiger partial charge in [0.15, 0.2) is 6.61 Å². The van der Waals surface area contributed by atoms with Crippen molar-refractivity contribution >= 4 is 46.8 Å². The third kappa shape index (κ3) is 5.89. The average Bonchev–Trinajstić information content (AvgIpc) is 3.29. The number of benzene rings is 2. The van der Waals surface area contributed by atoms with Crippen molar-refractivity contribution in [2.75, 3.05) is 11.9 Å². The number of esters is 1. The van der Waals surface area contributed by atoms with E-state index in [1.165, 1.54) is 12.1 Å². The number of carbonyl (C=O) groups is 2. The molecule has 0 aliphatic rings. The maximum atomic E-state index is 12.2. The normalized spacial score (nSPS) is 10.9. The number of ether oxygens (including phenoxy) is 1. The molecule has 0 spiro atoms. The molecule has 170 valence electrons. The second-order valence-electron chi connectivity index (χ2n) is 7.07. The van der Waals surface area contributed by atoms with Crippen LogP contribution in [0.3, 0.4) is 0 Å². The molecular formula is C25H18Cl2N4O3. The van der Waals surface area contributed by atoms with E-state index < -0.39 is 18.5 Å². The summed E-state index contributed by atoms with van der Waals surface area (Å²) in [5.74, 6) is -1.21. The Morgan fingerprint density at radius 2 is 1.88 bits per heavy atom. The van der Waals surface area contributed by atoms with Crippen LogP contribution < -0.4 is 5.32 Å². The van der Waals surface area contributed by atoms with Crippen molar-refractivity contribution < 1.29 is 14.3 Å². The van der Waals surface area contributed by atoms with E-state index >= 15 is 0 Å². The van der Waals surface area contributed by atoms with Gasteiger partial charge in [0, 0.05) is 40.8 Å². The second kappa shape index (κ2) is 10.8. The second-order valence-corrected chi connectivity index (χ2v) is 7.91. The largest absolute Gasteiger partial charge is 0.452 e. The van der Waals surface area contributed by atoms with E-state index in [9.17, 15) is 9.59 Å². The maximum absolute atomic E-state index is 12.2. The third-order valence-corrected chi connectivity index (χ3v) is 5.20. The van der Waals surface area contributed by atoms with Crippen LogP contribution in [0.4, 0.5) is 5.69 Å². The first kappa shape index (κ1) is 23.2. The molecule has 0 fully saturated rings. The van der Waals surface area contributed by atoms with Crippen LogP contribution in [0, 0.1) is 0 Å². The number of anilines is 1. The highest BCUT2D eigenvalue weighted by Gasteiger charge is 2.12. The summed E-state index contributed by atoms with van der Waals surface area (Å²) in [7, 11) is 0. The summed E-state index contributed by atoms with van der Waals surface area (Å²) in [6.45, 7) is -0.471. The van der Waals surface area contributed by atoms with Crippen molar-refractivity contribution in [2.24, 2.45) is 0 Å². The SMILES string of the molecule is O=C(COC(=O)C=Cc1cn(-c2ccccc2)nc1-c1cccnc1)Nc1ccc(Cl)cc1Cl. The fraction of sp³-hybridized carbons (Fsp3) is 0.0400. The van der Waals surface area contributed by atoms with Crippen molar-refractivity contribution in [2.45, 2.75) is 0 Å². The average molecular weight is 493 g/mol. The Morgan fingerprint density at radius 3 is 2.62 bits per heavy atom. The minimum absolute atomic E-state index is 0.283. The van der Waals surface area contributed by atoms with Crippen LogP contribution in [0.2, 0.25) is 10.0 Å². The number of para-hydroxylation sites is 1. The number of hydrogen-bond donors (Lipinski definition) is 1. The molecule has 34 heavy (non-hydrogen) atoms. The summed E-state index contributed by atoms with van der Waals surface area (Å²) in [5.41, 5.74) is 3.37. The highest BCUT2D eigenvalue weighted by Crippen LogP contribution is 2.26. The van der Waals surface area contributed by atoms with E-state index in [0.29, 0.717) is 22.0 Å². The highest BCUT2D eigenvalue weighted by molar-refractivity contribution is 6.36. The van der Waals surface area contributed by atoms with Crippen LogP contribution >= 0.6 is 23.2 Å². The molecule has 0 unspecified atom stereocenters. The maximum Gasteiger partial charge on any atom is 0.331 e. The highest BCUT2D eigenvalue weighted by atomic mass is 35.5. The van der Waals surface area contributed by atoms with Gasteiger partial charge in [-0.25, -0.2) is 9.48 Å². The molecule has 0 saturated heterocycles. The predicted molar refractivity (Wildman–Crippen MR) is 132 cm³/mol. The molecule has 0 radical (unpaired) electrons. The minimum Gasteiger partial charge on any atom is -0.452 e. The number of nitrogens with one attached hydrogen (secondary N) is 1. The smallest absolute Gasteiger partial charge is 0.331 e. The number of amides is 1. The van der Waals surface area contributed by atoms with E-state index in [1.807, 2.05) is 42.5 Å². The Balaban J connectivity index is 1.45. The lowest BCUT2D eigenvalue weighted by atomic mass is 10.1. The van der Waals surface area contributed by atoms with E-state index in [1.54, 1.807) is 41.5 Å². The van der Waals surface area contributed by atoms with Crippen molar-refractivity contribution in [3.63, 3.8) is 0 Å². The van der Waals surface area contributed by atoms with E-state index in [2.05, 4.69) is 15.4 Å². The lowest BCUT2D eigenvalue weighted by Crippen LogP contribution is -2.20. The molecule has 4 rings (SSSR count). The number of aromatic nitrogens is 3. The monoisotopic (exact) mass is 492 g/mol. The molecule has 2 aromatic carbocycles. The molecule has 9 heteroatoms. The van der Waals surface area contributed by atoms with E-state index in [4.69, 9.17) is 27.9 Å².